The van der Waals surface area contributed by atoms with Crippen molar-refractivity contribution in [2.45, 2.75) is 114 Å². The van der Waals surface area contributed by atoms with Crippen molar-refractivity contribution in [1.82, 2.24) is 10.0 Å². The summed E-state index contributed by atoms with van der Waals surface area (Å²) in [6.45, 7) is 8.68. The van der Waals surface area contributed by atoms with E-state index in [1.54, 1.807) is 11.1 Å². The predicted molar refractivity (Wildman–Crippen MR) is 145 cm³/mol. The van der Waals surface area contributed by atoms with Gasteiger partial charge in [-0.2, -0.15) is 0 Å². The molecule has 2 heterocycles. The Balaban J connectivity index is 1.22. The molecule has 6 rings (SSSR count). The third-order valence-electron chi connectivity index (χ3n) is 12.0. The summed E-state index contributed by atoms with van der Waals surface area (Å²) >= 11 is 0. The summed E-state index contributed by atoms with van der Waals surface area (Å²) in [6, 6.07) is 0.685. The van der Waals surface area contributed by atoms with Gasteiger partial charge in [-0.25, -0.2) is 13.1 Å². The minimum absolute atomic E-state index is 0.0430. The van der Waals surface area contributed by atoms with Crippen molar-refractivity contribution in [2.75, 3.05) is 12.8 Å². The Kier molecular flexibility index (Phi) is 6.20. The van der Waals surface area contributed by atoms with Crippen LogP contribution < -0.4 is 10.0 Å². The van der Waals surface area contributed by atoms with E-state index in [9.17, 15) is 8.42 Å². The zero-order chi connectivity index (χ0) is 24.8. The fourth-order valence-electron chi connectivity index (χ4n) is 10.2. The lowest BCUT2D eigenvalue weighted by molar-refractivity contribution is -0.0711. The second-order valence-electron chi connectivity index (χ2n) is 14.0. The highest BCUT2D eigenvalue weighted by Crippen LogP contribution is 2.65. The van der Waals surface area contributed by atoms with Crippen LogP contribution in [0.15, 0.2) is 11.1 Å². The molecule has 2 N–H and O–H groups in total. The van der Waals surface area contributed by atoms with Gasteiger partial charge in [-0.05, 0) is 112 Å². The highest BCUT2D eigenvalue weighted by atomic mass is 32.2. The van der Waals surface area contributed by atoms with Crippen molar-refractivity contribution in [3.05, 3.63) is 11.1 Å². The van der Waals surface area contributed by atoms with Gasteiger partial charge >= 0.3 is 0 Å². The number of hydrogen-bond donors (Lipinski definition) is 2. The number of nitrogens with one attached hydrogen (secondary N) is 2. The predicted octanol–water partition coefficient (Wildman–Crippen LogP) is 3.55. The number of sulfonamides is 1. The molecule has 0 aromatic carbocycles. The molecule has 6 aliphatic rings. The van der Waals surface area contributed by atoms with E-state index in [0.717, 1.165) is 42.6 Å². The second kappa shape index (κ2) is 8.65. The summed E-state index contributed by atoms with van der Waals surface area (Å²) in [5, 5.41) is 3.89. The van der Waals surface area contributed by atoms with E-state index in [1.807, 2.05) is 0 Å². The van der Waals surface area contributed by atoms with E-state index in [1.165, 1.54) is 68.0 Å². The molecule has 0 aromatic rings. The smallest absolute Gasteiger partial charge is 0.208 e. The maximum absolute atomic E-state index is 11.9. The van der Waals surface area contributed by atoms with Crippen LogP contribution in [0.5, 0.6) is 0 Å². The summed E-state index contributed by atoms with van der Waals surface area (Å²) in [7, 11) is -1.86. The van der Waals surface area contributed by atoms with Crippen LogP contribution in [0.4, 0.5) is 0 Å². The Morgan fingerprint density at radius 1 is 1.14 bits per heavy atom. The van der Waals surface area contributed by atoms with E-state index >= 15 is 0 Å². The molecule has 5 nitrogen and oxygen atoms in total. The van der Waals surface area contributed by atoms with Crippen LogP contribution in [-0.2, 0) is 14.8 Å². The monoisotopic (exact) mass is 520 g/mol. The van der Waals surface area contributed by atoms with Crippen molar-refractivity contribution in [3.63, 3.8) is 0 Å². The molecule has 0 radical (unpaired) electrons. The fourth-order valence-corrected chi connectivity index (χ4v) is 11.8. The lowest BCUT2D eigenvalue weighted by Gasteiger charge is -2.54. The number of ether oxygens (including phenoxy) is 1. The molecule has 2 saturated heterocycles. The Labute approximate surface area is 216 Å². The van der Waals surface area contributed by atoms with Crippen LogP contribution in [0, 0.1) is 35.0 Å². The van der Waals surface area contributed by atoms with E-state index in [0.29, 0.717) is 29.4 Å². The highest BCUT2D eigenvalue weighted by Gasteiger charge is 2.59. The summed E-state index contributed by atoms with van der Waals surface area (Å²) < 4.78 is 33.7. The molecular weight excluding hydrogens is 472 g/mol. The quantitative estimate of drug-likeness (QED) is 0.432. The van der Waals surface area contributed by atoms with E-state index < -0.39 is 10.0 Å². The van der Waals surface area contributed by atoms with E-state index in [4.69, 9.17) is 4.74 Å². The molecule has 198 valence electrons. The van der Waals surface area contributed by atoms with Crippen molar-refractivity contribution < 1.29 is 13.2 Å². The van der Waals surface area contributed by atoms with Crippen molar-refractivity contribution in [2.24, 2.45) is 35.0 Å². The largest absolute Gasteiger partial charge is 0.369 e. The topological polar surface area (TPSA) is 67.4 Å². The summed E-state index contributed by atoms with van der Waals surface area (Å²) in [6.07, 6.45) is 13.8. The van der Waals surface area contributed by atoms with Gasteiger partial charge in [-0.15, -0.1) is 0 Å². The van der Waals surface area contributed by atoms with Gasteiger partial charge < -0.3 is 10.1 Å². The lowest BCUT2D eigenvalue weighted by Crippen LogP contribution is -2.50. The van der Waals surface area contributed by atoms with Crippen molar-refractivity contribution >= 4 is 20.3 Å². The van der Waals surface area contributed by atoms with Crippen LogP contribution in [0.25, 0.3) is 0 Å². The molecule has 5 fully saturated rings. The van der Waals surface area contributed by atoms with E-state index in [-0.39, 0.29) is 11.6 Å². The van der Waals surface area contributed by atoms with Gasteiger partial charge in [0.15, 0.2) is 0 Å². The van der Waals surface area contributed by atoms with Crippen LogP contribution in [-0.4, -0.2) is 55.2 Å². The first kappa shape index (κ1) is 25.1. The third-order valence-corrected chi connectivity index (χ3v) is 13.7. The molecule has 4 aliphatic carbocycles. The highest BCUT2D eigenvalue weighted by molar-refractivity contribution is 7.88. The number of allylic oxidation sites excluding steroid dienone is 1. The summed E-state index contributed by atoms with van der Waals surface area (Å²) in [4.78, 5) is 0. The number of rotatable bonds is 2. The first-order valence-corrected chi connectivity index (χ1v) is 17.6. The second-order valence-corrected chi connectivity index (χ2v) is 17.4. The minimum atomic E-state index is -3.13. The van der Waals surface area contributed by atoms with Gasteiger partial charge in [-0.1, -0.05) is 25.0 Å². The molecule has 11 atom stereocenters. The molecule has 0 amide bonds. The maximum atomic E-state index is 11.9. The Hall–Kier alpha value is -0.213. The summed E-state index contributed by atoms with van der Waals surface area (Å²) in [5.41, 5.74) is 4.72. The van der Waals surface area contributed by atoms with Crippen LogP contribution in [0.1, 0.15) is 85.0 Å². The molecular formula is C28H48N2O3SSi. The maximum Gasteiger partial charge on any atom is 0.208 e. The lowest BCUT2D eigenvalue weighted by atomic mass is 9.52. The minimum Gasteiger partial charge on any atom is -0.369 e. The zero-order valence-corrected chi connectivity index (χ0v) is 25.4. The van der Waals surface area contributed by atoms with Gasteiger partial charge in [0.2, 0.25) is 10.0 Å². The average molecular weight is 521 g/mol. The Bertz CT molecular complexity index is 1000. The molecule has 1 spiro atoms. The molecule has 35 heavy (non-hydrogen) atoms. The van der Waals surface area contributed by atoms with Crippen molar-refractivity contribution in [3.8, 4) is 0 Å². The number of fused-ring (bicyclic) bond motifs is 6. The standard InChI is InChI=1S/C28H48N2O3SSi/c1-16-14-28(17(2)26-25(33-28)12-20(35)15-29-26)10-8-21-22-6-5-18-11-19(30-34(4,31)32)7-9-27(18,3)24(22)13-23(16)21/h17-22,24-26,29-30H,5-15H2,1-4,35H3/t17-,18-,19-,20+,21+,22+,24+,25-,26+,27+,28+/m1/s1. The number of piperidine rings is 1. The molecule has 0 bridgehead atoms. The molecule has 0 unspecified atom stereocenters. The van der Waals surface area contributed by atoms with Crippen LogP contribution in [0.2, 0.25) is 5.54 Å². The molecule has 2 aliphatic heterocycles. The molecule has 7 heteroatoms. The third kappa shape index (κ3) is 4.14. The first-order chi connectivity index (χ1) is 16.5. The van der Waals surface area contributed by atoms with Crippen molar-refractivity contribution in [1.29, 1.82) is 0 Å². The normalized spacial score (nSPS) is 52.1. The van der Waals surface area contributed by atoms with Gasteiger partial charge in [0, 0.05) is 28.2 Å². The van der Waals surface area contributed by atoms with Gasteiger partial charge in [0.05, 0.1) is 18.0 Å². The molecule has 3 saturated carbocycles. The first-order valence-electron chi connectivity index (χ1n) is 14.6. The van der Waals surface area contributed by atoms with E-state index in [2.05, 4.69) is 30.8 Å². The fraction of sp³-hybridized carbons (Fsp3) is 0.929. The summed E-state index contributed by atoms with van der Waals surface area (Å²) in [5.74, 6) is 3.60. The SMILES string of the molecule is CC1=C2C[C@H]3[C@@H](CC[C@@H]4C[C@H](NS(C)(=O)=O)CC[C@@]43C)[C@@H]2CC[C@@]2(C1)O[C@@H]1C[C@H]([SiH3])CN[C@H]1[C@H]2C. The average Bonchev–Trinajstić information content (AvgIpc) is 3.23. The Morgan fingerprint density at radius 2 is 1.94 bits per heavy atom. The van der Waals surface area contributed by atoms with Gasteiger partial charge in [-0.3, -0.25) is 0 Å². The van der Waals surface area contributed by atoms with Gasteiger partial charge in [0.25, 0.3) is 0 Å². The van der Waals surface area contributed by atoms with Gasteiger partial charge in [0.1, 0.15) is 0 Å². The number of hydrogen-bond acceptors (Lipinski definition) is 4. The Morgan fingerprint density at radius 3 is 2.71 bits per heavy atom. The molecule has 0 aromatic heterocycles. The van der Waals surface area contributed by atoms with Crippen LogP contribution in [0.3, 0.4) is 0 Å². The zero-order valence-electron chi connectivity index (χ0n) is 22.6. The van der Waals surface area contributed by atoms with Crippen LogP contribution >= 0.6 is 0 Å².